The molecule has 0 aliphatic carbocycles. The molecular formula is C16H22N4O4. The average Bonchev–Trinajstić information content (AvgIpc) is 2.83. The number of aromatic nitrogens is 2. The minimum atomic E-state index is -0.761. The predicted molar refractivity (Wildman–Crippen MR) is 88.0 cm³/mol. The Morgan fingerprint density at radius 1 is 1.38 bits per heavy atom. The quantitative estimate of drug-likeness (QED) is 0.840. The fourth-order valence-corrected chi connectivity index (χ4v) is 3.13. The third-order valence-corrected chi connectivity index (χ3v) is 4.15. The third kappa shape index (κ3) is 3.20. The van der Waals surface area contributed by atoms with Gasteiger partial charge in [0.1, 0.15) is 11.1 Å². The molecule has 1 amide bonds. The summed E-state index contributed by atoms with van der Waals surface area (Å²) < 4.78 is 5.46. The predicted octanol–water partition coefficient (Wildman–Crippen LogP) is 0.353. The highest BCUT2D eigenvalue weighted by Crippen LogP contribution is 2.23. The van der Waals surface area contributed by atoms with E-state index < -0.39 is 5.60 Å². The number of H-pyrrole nitrogens is 1. The fourth-order valence-electron chi connectivity index (χ4n) is 3.13. The minimum absolute atomic E-state index is 0.181. The maximum atomic E-state index is 12.9. The number of fused-ring (bicyclic) bond motifs is 1. The molecule has 8 heteroatoms. The Morgan fingerprint density at radius 2 is 2.04 bits per heavy atom. The molecule has 2 aromatic rings. The highest BCUT2D eigenvalue weighted by atomic mass is 16.3. The molecule has 2 N–H and O–H groups in total. The van der Waals surface area contributed by atoms with E-state index in [0.717, 1.165) is 0 Å². The molecule has 0 unspecified atom stereocenters. The molecular weight excluding hydrogens is 312 g/mol. The van der Waals surface area contributed by atoms with Gasteiger partial charge in [-0.25, -0.2) is 4.98 Å². The first-order valence-corrected chi connectivity index (χ1v) is 7.97. The summed E-state index contributed by atoms with van der Waals surface area (Å²) in [6.45, 7) is 8.21. The second-order valence-corrected chi connectivity index (χ2v) is 6.83. The minimum Gasteiger partial charge on any atom is -0.442 e. The summed E-state index contributed by atoms with van der Waals surface area (Å²) in [7, 11) is 0. The van der Waals surface area contributed by atoms with Gasteiger partial charge in [0.15, 0.2) is 0 Å². The van der Waals surface area contributed by atoms with E-state index in [-0.39, 0.29) is 28.1 Å². The van der Waals surface area contributed by atoms with Crippen LogP contribution in [-0.4, -0.2) is 69.1 Å². The van der Waals surface area contributed by atoms with Gasteiger partial charge >= 0.3 is 0 Å². The molecule has 0 spiro atoms. The molecule has 1 aliphatic heterocycles. The van der Waals surface area contributed by atoms with Crippen LogP contribution >= 0.6 is 0 Å². The monoisotopic (exact) mass is 334 g/mol. The SMILES string of the molecule is Cc1oc2nc[nH]c(=O)c2c1C(=O)N1CCN(CC(C)(C)O)CC1. The molecule has 2 aromatic heterocycles. The van der Waals surface area contributed by atoms with E-state index in [1.807, 2.05) is 0 Å². The molecule has 1 fully saturated rings. The standard InChI is InChI=1S/C16H22N4O4/c1-10-11(12-13(21)17-9-18-14(12)24-10)15(22)20-6-4-19(5-7-20)8-16(2,3)23/h9,23H,4-8H2,1-3H3,(H,17,18,21). The van der Waals surface area contributed by atoms with Gasteiger partial charge in [0.25, 0.3) is 11.5 Å². The molecule has 0 aromatic carbocycles. The van der Waals surface area contributed by atoms with Crippen LogP contribution in [0.5, 0.6) is 0 Å². The summed E-state index contributed by atoms with van der Waals surface area (Å²) in [5.41, 5.74) is -0.668. The maximum absolute atomic E-state index is 12.9. The number of amides is 1. The lowest BCUT2D eigenvalue weighted by Gasteiger charge is -2.37. The van der Waals surface area contributed by atoms with Crippen LogP contribution in [0.15, 0.2) is 15.5 Å². The van der Waals surface area contributed by atoms with Crippen molar-refractivity contribution < 1.29 is 14.3 Å². The van der Waals surface area contributed by atoms with Crippen molar-refractivity contribution in [3.05, 3.63) is 28.0 Å². The van der Waals surface area contributed by atoms with Crippen LogP contribution in [0.2, 0.25) is 0 Å². The number of nitrogens with one attached hydrogen (secondary N) is 1. The highest BCUT2D eigenvalue weighted by molar-refractivity contribution is 6.06. The van der Waals surface area contributed by atoms with Crippen LogP contribution in [0.3, 0.4) is 0 Å². The molecule has 3 rings (SSSR count). The molecule has 0 radical (unpaired) electrons. The van der Waals surface area contributed by atoms with Crippen molar-refractivity contribution in [1.29, 1.82) is 0 Å². The summed E-state index contributed by atoms with van der Waals surface area (Å²) in [4.78, 5) is 35.2. The number of aromatic amines is 1. The second kappa shape index (κ2) is 6.03. The number of rotatable bonds is 3. The number of furan rings is 1. The van der Waals surface area contributed by atoms with Crippen LogP contribution in [0, 0.1) is 6.92 Å². The largest absolute Gasteiger partial charge is 0.442 e. The van der Waals surface area contributed by atoms with Gasteiger partial charge in [-0.2, -0.15) is 0 Å². The van der Waals surface area contributed by atoms with Crippen molar-refractivity contribution in [3.8, 4) is 0 Å². The number of carbonyl (C=O) groups is 1. The highest BCUT2D eigenvalue weighted by Gasteiger charge is 2.29. The number of β-amino-alcohol motifs (C(OH)–C–C–N with tert-alkyl or cyclic N) is 1. The zero-order chi connectivity index (χ0) is 17.5. The molecule has 24 heavy (non-hydrogen) atoms. The molecule has 0 atom stereocenters. The van der Waals surface area contributed by atoms with E-state index >= 15 is 0 Å². The third-order valence-electron chi connectivity index (χ3n) is 4.15. The maximum Gasteiger partial charge on any atom is 0.262 e. The topological polar surface area (TPSA) is 103 Å². The molecule has 0 bridgehead atoms. The van der Waals surface area contributed by atoms with Crippen LogP contribution in [0.4, 0.5) is 0 Å². The van der Waals surface area contributed by atoms with Crippen molar-refractivity contribution in [1.82, 2.24) is 19.8 Å². The van der Waals surface area contributed by atoms with E-state index in [9.17, 15) is 14.7 Å². The summed E-state index contributed by atoms with van der Waals surface area (Å²) in [5.74, 6) is 0.186. The Bertz CT molecular complexity index is 810. The molecule has 8 nitrogen and oxygen atoms in total. The van der Waals surface area contributed by atoms with Gasteiger partial charge in [-0.05, 0) is 20.8 Å². The van der Waals surface area contributed by atoms with E-state index in [1.165, 1.54) is 6.33 Å². The Balaban J connectivity index is 1.80. The number of aliphatic hydroxyl groups is 1. The molecule has 1 saturated heterocycles. The smallest absolute Gasteiger partial charge is 0.262 e. The molecule has 130 valence electrons. The van der Waals surface area contributed by atoms with Gasteiger partial charge in [-0.15, -0.1) is 0 Å². The van der Waals surface area contributed by atoms with Crippen LogP contribution < -0.4 is 5.56 Å². The zero-order valence-corrected chi connectivity index (χ0v) is 14.1. The van der Waals surface area contributed by atoms with E-state index in [0.29, 0.717) is 38.5 Å². The van der Waals surface area contributed by atoms with E-state index in [2.05, 4.69) is 14.9 Å². The summed E-state index contributed by atoms with van der Waals surface area (Å²) in [6.07, 6.45) is 1.26. The average molecular weight is 334 g/mol. The zero-order valence-electron chi connectivity index (χ0n) is 14.1. The molecule has 3 heterocycles. The van der Waals surface area contributed by atoms with Crippen LogP contribution in [0.25, 0.3) is 11.1 Å². The number of hydrogen-bond acceptors (Lipinski definition) is 6. The van der Waals surface area contributed by atoms with Gasteiger partial charge in [-0.1, -0.05) is 0 Å². The van der Waals surface area contributed by atoms with Crippen LogP contribution in [-0.2, 0) is 0 Å². The molecule has 0 saturated carbocycles. The molecule has 1 aliphatic rings. The summed E-state index contributed by atoms with van der Waals surface area (Å²) in [6, 6.07) is 0. The number of carbonyl (C=O) groups excluding carboxylic acids is 1. The van der Waals surface area contributed by atoms with Gasteiger partial charge in [0.05, 0.1) is 17.5 Å². The Hall–Kier alpha value is -2.19. The Kier molecular flexibility index (Phi) is 4.18. The van der Waals surface area contributed by atoms with Crippen molar-refractivity contribution in [2.24, 2.45) is 0 Å². The lowest BCUT2D eigenvalue weighted by Crippen LogP contribution is -2.52. The number of hydrogen-bond donors (Lipinski definition) is 2. The van der Waals surface area contributed by atoms with Gasteiger partial charge < -0.3 is 19.4 Å². The summed E-state index contributed by atoms with van der Waals surface area (Å²) >= 11 is 0. The van der Waals surface area contributed by atoms with Crippen molar-refractivity contribution in [2.75, 3.05) is 32.7 Å². The number of nitrogens with zero attached hydrogens (tertiary/aromatic N) is 3. The van der Waals surface area contributed by atoms with E-state index in [1.54, 1.807) is 25.7 Å². The van der Waals surface area contributed by atoms with E-state index in [4.69, 9.17) is 4.42 Å². The first kappa shape index (κ1) is 16.7. The normalized spacial score (nSPS) is 16.8. The second-order valence-electron chi connectivity index (χ2n) is 6.83. The lowest BCUT2D eigenvalue weighted by atomic mass is 10.1. The Labute approximate surface area is 139 Å². The van der Waals surface area contributed by atoms with Gasteiger partial charge in [0.2, 0.25) is 5.71 Å². The van der Waals surface area contributed by atoms with Crippen molar-refractivity contribution in [3.63, 3.8) is 0 Å². The Morgan fingerprint density at radius 3 is 2.67 bits per heavy atom. The first-order chi connectivity index (χ1) is 11.3. The summed E-state index contributed by atoms with van der Waals surface area (Å²) in [5, 5.41) is 10.1. The number of piperazine rings is 1. The lowest BCUT2D eigenvalue weighted by molar-refractivity contribution is 0.0178. The van der Waals surface area contributed by atoms with Crippen molar-refractivity contribution in [2.45, 2.75) is 26.4 Å². The van der Waals surface area contributed by atoms with Gasteiger partial charge in [0, 0.05) is 32.7 Å². The first-order valence-electron chi connectivity index (χ1n) is 7.97. The fraction of sp³-hybridized carbons (Fsp3) is 0.562. The van der Waals surface area contributed by atoms with Gasteiger partial charge in [-0.3, -0.25) is 14.5 Å². The van der Waals surface area contributed by atoms with Crippen molar-refractivity contribution >= 4 is 17.0 Å². The number of aryl methyl sites for hydroxylation is 1. The van der Waals surface area contributed by atoms with Crippen LogP contribution in [0.1, 0.15) is 30.0 Å².